The lowest BCUT2D eigenvalue weighted by Crippen LogP contribution is -2.66. The molecule has 1 saturated heterocycles. The first-order valence-corrected chi connectivity index (χ1v) is 8.44. The summed E-state index contributed by atoms with van der Waals surface area (Å²) < 4.78 is 15.9. The third-order valence-corrected chi connectivity index (χ3v) is 3.66. The first-order chi connectivity index (χ1) is 11.8. The Morgan fingerprint density at radius 3 is 2.00 bits per heavy atom. The van der Waals surface area contributed by atoms with E-state index in [0.29, 0.717) is 12.8 Å². The van der Waals surface area contributed by atoms with Crippen molar-refractivity contribution in [1.82, 2.24) is 5.32 Å². The molecule has 0 aromatic carbocycles. The topological polar surface area (TPSA) is 131 Å². The highest BCUT2D eigenvalue weighted by molar-refractivity contribution is 5.74. The average Bonchev–Trinajstić information content (AvgIpc) is 2.53. The number of esters is 2. The Morgan fingerprint density at radius 2 is 1.56 bits per heavy atom. The van der Waals surface area contributed by atoms with Crippen molar-refractivity contribution in [2.24, 2.45) is 0 Å². The first kappa shape index (κ1) is 21.3. The fourth-order valence-corrected chi connectivity index (χ4v) is 2.57. The number of carbonyl (C=O) groups excluding carboxylic acids is 3. The van der Waals surface area contributed by atoms with Crippen LogP contribution in [0.5, 0.6) is 0 Å². The smallest absolute Gasteiger partial charge is 0.306 e. The maximum atomic E-state index is 11.9. The van der Waals surface area contributed by atoms with Crippen molar-refractivity contribution in [2.45, 2.75) is 77.1 Å². The molecule has 1 heterocycles. The normalized spacial score (nSPS) is 28.9. The van der Waals surface area contributed by atoms with Crippen molar-refractivity contribution < 1.29 is 38.8 Å². The highest BCUT2D eigenvalue weighted by Gasteiger charge is 2.50. The largest absolute Gasteiger partial charge is 0.456 e. The number of nitrogens with one attached hydrogen (secondary N) is 1. The molecule has 0 radical (unpaired) electrons. The number of amides is 1. The molecule has 1 aliphatic rings. The molecule has 0 spiro atoms. The van der Waals surface area contributed by atoms with Crippen LogP contribution in [0.25, 0.3) is 0 Å². The zero-order valence-electron chi connectivity index (χ0n) is 14.8. The highest BCUT2D eigenvalue weighted by Crippen LogP contribution is 2.26. The first-order valence-electron chi connectivity index (χ1n) is 8.44. The number of rotatable bonds is 8. The van der Waals surface area contributed by atoms with Crippen LogP contribution >= 0.6 is 0 Å². The highest BCUT2D eigenvalue weighted by atomic mass is 16.7. The molecule has 9 nitrogen and oxygen atoms in total. The molecular weight excluding hydrogens is 334 g/mol. The van der Waals surface area contributed by atoms with Crippen LogP contribution in [0.15, 0.2) is 0 Å². The van der Waals surface area contributed by atoms with E-state index in [1.165, 1.54) is 6.92 Å². The van der Waals surface area contributed by atoms with Gasteiger partial charge in [-0.3, -0.25) is 14.4 Å². The molecule has 0 aromatic heterocycles. The van der Waals surface area contributed by atoms with Gasteiger partial charge in [-0.2, -0.15) is 0 Å². The van der Waals surface area contributed by atoms with Crippen molar-refractivity contribution in [3.05, 3.63) is 0 Å². The molecule has 3 N–H and O–H groups in total. The minimum atomic E-state index is -1.53. The van der Waals surface area contributed by atoms with E-state index in [-0.39, 0.29) is 12.8 Å². The van der Waals surface area contributed by atoms with Crippen molar-refractivity contribution in [2.75, 3.05) is 6.61 Å². The summed E-state index contributed by atoms with van der Waals surface area (Å²) in [6, 6.07) is -1.12. The van der Waals surface area contributed by atoms with Crippen LogP contribution in [-0.2, 0) is 28.6 Å². The summed E-state index contributed by atoms with van der Waals surface area (Å²) in [5.41, 5.74) is 0. The van der Waals surface area contributed by atoms with E-state index in [9.17, 15) is 24.6 Å². The number of hydrogen-bond donors (Lipinski definition) is 3. The molecule has 1 aliphatic heterocycles. The van der Waals surface area contributed by atoms with Gasteiger partial charge >= 0.3 is 11.9 Å². The Balaban J connectivity index is 3.08. The van der Waals surface area contributed by atoms with E-state index in [1.54, 1.807) is 13.8 Å². The zero-order chi connectivity index (χ0) is 19.0. The summed E-state index contributed by atoms with van der Waals surface area (Å²) in [6.45, 7) is 4.26. The van der Waals surface area contributed by atoms with Gasteiger partial charge in [-0.05, 0) is 12.8 Å². The molecule has 0 aliphatic carbocycles. The summed E-state index contributed by atoms with van der Waals surface area (Å²) in [6.07, 6.45) is -3.58. The SMILES string of the molecule is CCCC(=O)O[C@@H]1C(NC(C)=O)[C@H](O)OC(CO)[C@@H]1OC(=O)CCC. The van der Waals surface area contributed by atoms with Crippen molar-refractivity contribution in [1.29, 1.82) is 0 Å². The Bertz CT molecular complexity index is 469. The van der Waals surface area contributed by atoms with Crippen molar-refractivity contribution in [3.63, 3.8) is 0 Å². The maximum absolute atomic E-state index is 11.9. The Labute approximate surface area is 146 Å². The second-order valence-electron chi connectivity index (χ2n) is 5.88. The second-order valence-corrected chi connectivity index (χ2v) is 5.88. The van der Waals surface area contributed by atoms with Crippen LogP contribution in [0.3, 0.4) is 0 Å². The third-order valence-electron chi connectivity index (χ3n) is 3.66. The van der Waals surface area contributed by atoms with Gasteiger partial charge in [0.1, 0.15) is 12.1 Å². The number of aliphatic hydroxyl groups excluding tert-OH is 2. The molecule has 9 heteroatoms. The van der Waals surface area contributed by atoms with Gasteiger partial charge in [0.25, 0.3) is 0 Å². The maximum Gasteiger partial charge on any atom is 0.306 e. The van der Waals surface area contributed by atoms with Gasteiger partial charge < -0.3 is 29.7 Å². The van der Waals surface area contributed by atoms with Gasteiger partial charge in [0, 0.05) is 19.8 Å². The molecular formula is C16H27NO8. The lowest BCUT2D eigenvalue weighted by molar-refractivity contribution is -0.264. The Morgan fingerprint density at radius 1 is 1.04 bits per heavy atom. The van der Waals surface area contributed by atoms with E-state index in [2.05, 4.69) is 5.32 Å². The molecule has 0 aromatic rings. The quantitative estimate of drug-likeness (QED) is 0.499. The molecule has 1 fully saturated rings. The van der Waals surface area contributed by atoms with Crippen LogP contribution in [0.2, 0.25) is 0 Å². The molecule has 2 unspecified atom stereocenters. The number of ether oxygens (including phenoxy) is 3. The van der Waals surface area contributed by atoms with Gasteiger partial charge in [-0.1, -0.05) is 13.8 Å². The molecule has 5 atom stereocenters. The molecule has 144 valence electrons. The van der Waals surface area contributed by atoms with E-state index < -0.39 is 55.1 Å². The standard InChI is InChI=1S/C16H27NO8/c1-4-6-11(20)24-14-10(8-18)23-16(22)13(17-9(3)19)15(14)25-12(21)7-5-2/h10,13-16,18,22H,4-8H2,1-3H3,(H,17,19)/t10?,13?,14-,15+,16+/m0/s1. The average molecular weight is 361 g/mol. The predicted octanol–water partition coefficient (Wildman–Crippen LogP) is -0.376. The monoisotopic (exact) mass is 361 g/mol. The van der Waals surface area contributed by atoms with E-state index in [1.807, 2.05) is 0 Å². The summed E-state index contributed by atoms with van der Waals surface area (Å²) in [4.78, 5) is 35.3. The number of hydrogen-bond acceptors (Lipinski definition) is 8. The minimum absolute atomic E-state index is 0.125. The van der Waals surface area contributed by atoms with Crippen LogP contribution < -0.4 is 5.32 Å². The van der Waals surface area contributed by atoms with Crippen LogP contribution in [-0.4, -0.2) is 65.3 Å². The van der Waals surface area contributed by atoms with Crippen molar-refractivity contribution in [3.8, 4) is 0 Å². The van der Waals surface area contributed by atoms with Crippen LogP contribution in [0, 0.1) is 0 Å². The molecule has 1 amide bonds. The summed E-state index contributed by atoms with van der Waals surface area (Å²) in [5, 5.41) is 22.0. The summed E-state index contributed by atoms with van der Waals surface area (Å²) in [5.74, 6) is -1.60. The van der Waals surface area contributed by atoms with Gasteiger partial charge in [-0.25, -0.2) is 0 Å². The fraction of sp³-hybridized carbons (Fsp3) is 0.812. The molecule has 0 bridgehead atoms. The second kappa shape index (κ2) is 10.3. The van der Waals surface area contributed by atoms with Crippen LogP contribution in [0.4, 0.5) is 0 Å². The predicted molar refractivity (Wildman–Crippen MR) is 85.1 cm³/mol. The van der Waals surface area contributed by atoms with Gasteiger partial charge in [0.2, 0.25) is 5.91 Å². The number of carbonyl (C=O) groups is 3. The Hall–Kier alpha value is -1.71. The van der Waals surface area contributed by atoms with Gasteiger partial charge in [0.05, 0.1) is 6.61 Å². The Kier molecular flexibility index (Phi) is 8.81. The minimum Gasteiger partial charge on any atom is -0.456 e. The molecule has 0 saturated carbocycles. The van der Waals surface area contributed by atoms with Gasteiger partial charge in [0.15, 0.2) is 18.5 Å². The third kappa shape index (κ3) is 6.26. The van der Waals surface area contributed by atoms with Crippen LogP contribution in [0.1, 0.15) is 46.5 Å². The fourth-order valence-electron chi connectivity index (χ4n) is 2.57. The summed E-state index contributed by atoms with van der Waals surface area (Å²) in [7, 11) is 0. The lowest BCUT2D eigenvalue weighted by atomic mass is 9.96. The van der Waals surface area contributed by atoms with E-state index in [4.69, 9.17) is 14.2 Å². The van der Waals surface area contributed by atoms with Crippen molar-refractivity contribution >= 4 is 17.8 Å². The number of aliphatic hydroxyl groups is 2. The lowest BCUT2D eigenvalue weighted by Gasteiger charge is -2.43. The molecule has 1 rings (SSSR count). The molecule has 25 heavy (non-hydrogen) atoms. The van der Waals surface area contributed by atoms with E-state index >= 15 is 0 Å². The zero-order valence-corrected chi connectivity index (χ0v) is 14.8. The van der Waals surface area contributed by atoms with E-state index in [0.717, 1.165) is 0 Å². The summed E-state index contributed by atoms with van der Waals surface area (Å²) >= 11 is 0. The van der Waals surface area contributed by atoms with Gasteiger partial charge in [-0.15, -0.1) is 0 Å².